The van der Waals surface area contributed by atoms with Crippen molar-refractivity contribution in [1.82, 2.24) is 9.55 Å². The molecule has 0 radical (unpaired) electrons. The first-order chi connectivity index (χ1) is 12.6. The highest BCUT2D eigenvalue weighted by molar-refractivity contribution is 9.10. The topological polar surface area (TPSA) is 17.8 Å². The Morgan fingerprint density at radius 2 is 1.85 bits per heavy atom. The van der Waals surface area contributed by atoms with Crippen LogP contribution in [0, 0.1) is 11.6 Å². The minimum atomic E-state index is -0.533. The molecule has 2 aromatic heterocycles. The maximum absolute atomic E-state index is 14.9. The molecular weight excluding hydrogens is 442 g/mol. The van der Waals surface area contributed by atoms with E-state index in [0.717, 1.165) is 0 Å². The number of pyridine rings is 1. The van der Waals surface area contributed by atoms with Crippen LogP contribution in [0.1, 0.15) is 0 Å². The highest BCUT2D eigenvalue weighted by atomic mass is 79.9. The average Bonchev–Trinajstić information content (AvgIpc) is 2.93. The van der Waals surface area contributed by atoms with Crippen LogP contribution >= 0.6 is 39.3 Å². The van der Waals surface area contributed by atoms with Crippen molar-refractivity contribution in [3.63, 3.8) is 0 Å². The molecule has 0 aliphatic rings. The fourth-order valence-electron chi connectivity index (χ4n) is 2.72. The molecule has 0 saturated heterocycles. The van der Waals surface area contributed by atoms with Crippen molar-refractivity contribution in [1.29, 1.82) is 0 Å². The van der Waals surface area contributed by atoms with Crippen LogP contribution < -0.4 is 0 Å². The molecule has 2 aromatic carbocycles. The fourth-order valence-corrected chi connectivity index (χ4v) is 4.69. The molecule has 0 unspecified atom stereocenters. The molecule has 0 N–H and O–H groups in total. The van der Waals surface area contributed by atoms with Gasteiger partial charge in [0.15, 0.2) is 5.82 Å². The van der Waals surface area contributed by atoms with Gasteiger partial charge < -0.3 is 0 Å². The molecule has 0 atom stereocenters. The lowest BCUT2D eigenvalue weighted by Crippen LogP contribution is -1.96. The second kappa shape index (κ2) is 7.02. The minimum absolute atomic E-state index is 0.0232. The summed E-state index contributed by atoms with van der Waals surface area (Å²) in [5.74, 6) is -0.866. The van der Waals surface area contributed by atoms with Crippen molar-refractivity contribution in [2.24, 2.45) is 0 Å². The summed E-state index contributed by atoms with van der Waals surface area (Å²) < 4.78 is 31.3. The number of hydrogen-bond acceptors (Lipinski definition) is 2. The Morgan fingerprint density at radius 3 is 2.58 bits per heavy atom. The molecule has 0 aliphatic carbocycles. The lowest BCUT2D eigenvalue weighted by atomic mass is 10.2. The van der Waals surface area contributed by atoms with Crippen LogP contribution in [0.25, 0.3) is 16.6 Å². The first-order valence-electron chi connectivity index (χ1n) is 7.58. The number of halogens is 4. The highest BCUT2D eigenvalue weighted by Crippen LogP contribution is 2.44. The van der Waals surface area contributed by atoms with E-state index >= 15 is 0 Å². The zero-order chi connectivity index (χ0) is 18.3. The number of rotatable bonds is 3. The van der Waals surface area contributed by atoms with Crippen LogP contribution in [0.4, 0.5) is 8.78 Å². The second-order valence-corrected chi connectivity index (χ2v) is 7.67. The normalized spacial score (nSPS) is 11.2. The standard InChI is InChI=1S/C19H10BrClF2N2S/c20-19-18(26-15-6-2-1-5-14(15)22)12-7-8-13(21)16(23)17(12)25(19)11-4-3-9-24-10-11/h1-10H. The number of hydrogen-bond donors (Lipinski definition) is 0. The summed E-state index contributed by atoms with van der Waals surface area (Å²) in [5.41, 5.74) is 0.988. The summed E-state index contributed by atoms with van der Waals surface area (Å²) in [7, 11) is 0. The predicted octanol–water partition coefficient (Wildman–Crippen LogP) is 6.87. The molecule has 0 spiro atoms. The quantitative estimate of drug-likeness (QED) is 0.338. The van der Waals surface area contributed by atoms with Crippen molar-refractivity contribution < 1.29 is 8.78 Å². The van der Waals surface area contributed by atoms with Gasteiger partial charge >= 0.3 is 0 Å². The van der Waals surface area contributed by atoms with Crippen LogP contribution in [0.3, 0.4) is 0 Å². The Balaban J connectivity index is 2.02. The summed E-state index contributed by atoms with van der Waals surface area (Å²) >= 11 is 10.8. The van der Waals surface area contributed by atoms with E-state index in [4.69, 9.17) is 11.6 Å². The van der Waals surface area contributed by atoms with Crippen LogP contribution in [0.5, 0.6) is 0 Å². The number of nitrogens with zero attached hydrogens (tertiary/aromatic N) is 2. The summed E-state index contributed by atoms with van der Waals surface area (Å²) in [6.45, 7) is 0. The first-order valence-corrected chi connectivity index (χ1v) is 9.57. The number of benzene rings is 2. The fraction of sp³-hybridized carbons (Fsp3) is 0. The summed E-state index contributed by atoms with van der Waals surface area (Å²) in [4.78, 5) is 5.26. The molecular formula is C19H10BrClF2N2S. The monoisotopic (exact) mass is 450 g/mol. The average molecular weight is 452 g/mol. The van der Waals surface area contributed by atoms with Crippen molar-refractivity contribution in [3.8, 4) is 5.69 Å². The first kappa shape index (κ1) is 17.5. The molecule has 0 saturated carbocycles. The highest BCUT2D eigenvalue weighted by Gasteiger charge is 2.22. The number of aromatic nitrogens is 2. The Labute approximate surface area is 165 Å². The summed E-state index contributed by atoms with van der Waals surface area (Å²) in [5, 5.41) is 0.658. The second-order valence-electron chi connectivity index (χ2n) is 5.46. The third-order valence-corrected chi connectivity index (χ3v) is 6.35. The zero-order valence-electron chi connectivity index (χ0n) is 13.1. The van der Waals surface area contributed by atoms with Crippen molar-refractivity contribution >= 4 is 50.2 Å². The molecule has 4 rings (SSSR count). The molecule has 7 heteroatoms. The van der Waals surface area contributed by atoms with Gasteiger partial charge in [-0.3, -0.25) is 9.55 Å². The van der Waals surface area contributed by atoms with Gasteiger partial charge in [0, 0.05) is 16.5 Å². The van der Waals surface area contributed by atoms with Crippen molar-refractivity contribution in [2.45, 2.75) is 9.79 Å². The predicted molar refractivity (Wildman–Crippen MR) is 104 cm³/mol. The van der Waals surface area contributed by atoms with E-state index in [1.54, 1.807) is 47.3 Å². The molecule has 0 aliphatic heterocycles. The van der Waals surface area contributed by atoms with Crippen molar-refractivity contribution in [3.05, 3.63) is 82.2 Å². The van der Waals surface area contributed by atoms with E-state index < -0.39 is 5.82 Å². The maximum Gasteiger partial charge on any atom is 0.166 e. The van der Waals surface area contributed by atoms with Gasteiger partial charge in [-0.2, -0.15) is 0 Å². The van der Waals surface area contributed by atoms with E-state index in [0.29, 0.717) is 31.0 Å². The van der Waals surface area contributed by atoms with Gasteiger partial charge in [0.1, 0.15) is 10.4 Å². The third-order valence-electron chi connectivity index (χ3n) is 3.87. The van der Waals surface area contributed by atoms with Crippen LogP contribution in [0.15, 0.2) is 75.3 Å². The molecule has 0 fully saturated rings. The third kappa shape index (κ3) is 2.92. The van der Waals surface area contributed by atoms with Gasteiger partial charge in [-0.25, -0.2) is 8.78 Å². The van der Waals surface area contributed by atoms with E-state index in [2.05, 4.69) is 20.9 Å². The van der Waals surface area contributed by atoms with E-state index in [1.165, 1.54) is 23.9 Å². The van der Waals surface area contributed by atoms with Gasteiger partial charge in [-0.1, -0.05) is 35.5 Å². The molecule has 2 nitrogen and oxygen atoms in total. The van der Waals surface area contributed by atoms with Gasteiger partial charge in [0.2, 0.25) is 0 Å². The van der Waals surface area contributed by atoms with E-state index in [9.17, 15) is 8.78 Å². The Morgan fingerprint density at radius 1 is 1.04 bits per heavy atom. The smallest absolute Gasteiger partial charge is 0.166 e. The lowest BCUT2D eigenvalue weighted by molar-refractivity contribution is 0.602. The molecule has 26 heavy (non-hydrogen) atoms. The molecule has 4 aromatic rings. The van der Waals surface area contributed by atoms with E-state index in [1.807, 2.05) is 6.07 Å². The van der Waals surface area contributed by atoms with Crippen molar-refractivity contribution in [2.75, 3.05) is 0 Å². The molecule has 0 amide bonds. The largest absolute Gasteiger partial charge is 0.298 e. The van der Waals surface area contributed by atoms with Gasteiger partial charge in [-0.05, 0) is 52.3 Å². The Kier molecular flexibility index (Phi) is 4.73. The van der Waals surface area contributed by atoms with Crippen LogP contribution in [-0.2, 0) is 0 Å². The lowest BCUT2D eigenvalue weighted by Gasteiger charge is -2.08. The number of fused-ring (bicyclic) bond motifs is 1. The van der Waals surface area contributed by atoms with Crippen LogP contribution in [0.2, 0.25) is 5.02 Å². The molecule has 0 bridgehead atoms. The molecule has 130 valence electrons. The maximum atomic E-state index is 14.9. The van der Waals surface area contributed by atoms with E-state index in [-0.39, 0.29) is 10.8 Å². The summed E-state index contributed by atoms with van der Waals surface area (Å²) in [6.07, 6.45) is 3.27. The van der Waals surface area contributed by atoms with Gasteiger partial charge in [0.25, 0.3) is 0 Å². The Hall–Kier alpha value is -1.89. The SMILES string of the molecule is Fc1ccccc1Sc1c(Br)n(-c2cccnc2)c2c(F)c(Cl)ccc12. The van der Waals surface area contributed by atoms with Gasteiger partial charge in [0.05, 0.1) is 27.3 Å². The zero-order valence-corrected chi connectivity index (χ0v) is 16.2. The summed E-state index contributed by atoms with van der Waals surface area (Å²) in [6, 6.07) is 13.3. The molecule has 2 heterocycles. The Bertz CT molecular complexity index is 1120. The van der Waals surface area contributed by atoms with Gasteiger partial charge in [-0.15, -0.1) is 0 Å². The minimum Gasteiger partial charge on any atom is -0.298 e. The van der Waals surface area contributed by atoms with Crippen LogP contribution in [-0.4, -0.2) is 9.55 Å².